The third-order valence-electron chi connectivity index (χ3n) is 7.50. The lowest BCUT2D eigenvalue weighted by molar-refractivity contribution is 0.137. The fraction of sp³-hybridized carbons (Fsp3) is 0.968. The molecular weight excluding hydrogens is 420 g/mol. The molecule has 3 nitrogen and oxygen atoms in total. The zero-order valence-electron chi connectivity index (χ0n) is 23.0. The Hall–Kier alpha value is -0.730. The SMILES string of the molecule is C1CCCCCCCCC1.C1CCCCCCCCC1.C1CCCCCCCCC1.O=C(O)O. The molecule has 3 rings (SSSR count). The van der Waals surface area contributed by atoms with Gasteiger partial charge in [0.15, 0.2) is 0 Å². The van der Waals surface area contributed by atoms with E-state index in [4.69, 9.17) is 15.0 Å². The zero-order valence-corrected chi connectivity index (χ0v) is 23.0. The first-order valence-corrected chi connectivity index (χ1v) is 15.7. The van der Waals surface area contributed by atoms with Crippen molar-refractivity contribution in [3.8, 4) is 0 Å². The highest BCUT2D eigenvalue weighted by molar-refractivity contribution is 5.53. The second kappa shape index (κ2) is 30.3. The maximum atomic E-state index is 8.56. The quantitative estimate of drug-likeness (QED) is 0.361. The van der Waals surface area contributed by atoms with Crippen LogP contribution in [0.2, 0.25) is 0 Å². The maximum absolute atomic E-state index is 8.56. The van der Waals surface area contributed by atoms with Crippen molar-refractivity contribution in [3.63, 3.8) is 0 Å². The van der Waals surface area contributed by atoms with Crippen LogP contribution in [0, 0.1) is 0 Å². The van der Waals surface area contributed by atoms with E-state index < -0.39 is 6.16 Å². The maximum Gasteiger partial charge on any atom is 0.503 e. The van der Waals surface area contributed by atoms with Gasteiger partial charge in [-0.05, 0) is 0 Å². The van der Waals surface area contributed by atoms with Crippen LogP contribution in [-0.4, -0.2) is 16.4 Å². The molecule has 0 aromatic rings. The number of hydrogen-bond donors (Lipinski definition) is 2. The molecule has 0 aromatic carbocycles. The molecule has 204 valence electrons. The predicted molar refractivity (Wildman–Crippen MR) is 149 cm³/mol. The van der Waals surface area contributed by atoms with E-state index in [9.17, 15) is 0 Å². The van der Waals surface area contributed by atoms with Crippen LogP contribution in [0.4, 0.5) is 4.79 Å². The molecular formula is C31H62O3. The minimum absolute atomic E-state index is 1.50. The standard InChI is InChI=1S/3C10H20.CH2O3/c3*1-2-4-6-8-10-9-7-5-3-1;2-1(3)4/h3*1-10H2;(H2,2,3,4). The summed E-state index contributed by atoms with van der Waals surface area (Å²) in [6, 6.07) is 0. The second-order valence-corrected chi connectivity index (χ2v) is 10.9. The molecule has 3 saturated carbocycles. The molecule has 0 atom stereocenters. The molecule has 0 radical (unpaired) electrons. The molecule has 0 amide bonds. The molecule has 3 aliphatic rings. The molecule has 34 heavy (non-hydrogen) atoms. The van der Waals surface area contributed by atoms with Gasteiger partial charge in [0, 0.05) is 0 Å². The van der Waals surface area contributed by atoms with Gasteiger partial charge < -0.3 is 10.2 Å². The monoisotopic (exact) mass is 482 g/mol. The molecule has 0 unspecified atom stereocenters. The molecule has 3 fully saturated rings. The van der Waals surface area contributed by atoms with Gasteiger partial charge in [0.05, 0.1) is 0 Å². The largest absolute Gasteiger partial charge is 0.503 e. The van der Waals surface area contributed by atoms with Crippen molar-refractivity contribution in [3.05, 3.63) is 0 Å². The first kappa shape index (κ1) is 33.3. The smallest absolute Gasteiger partial charge is 0.450 e. The van der Waals surface area contributed by atoms with Crippen molar-refractivity contribution in [1.82, 2.24) is 0 Å². The first-order chi connectivity index (χ1) is 16.7. The zero-order chi connectivity index (χ0) is 24.8. The van der Waals surface area contributed by atoms with Crippen molar-refractivity contribution >= 4 is 6.16 Å². The van der Waals surface area contributed by atoms with Gasteiger partial charge in [-0.1, -0.05) is 193 Å². The van der Waals surface area contributed by atoms with Crippen molar-refractivity contribution in [2.75, 3.05) is 0 Å². The number of carbonyl (C=O) groups is 1. The fourth-order valence-electron chi connectivity index (χ4n) is 5.30. The van der Waals surface area contributed by atoms with E-state index in [1.165, 1.54) is 193 Å². The van der Waals surface area contributed by atoms with Crippen LogP contribution in [0.5, 0.6) is 0 Å². The Labute approximate surface area is 213 Å². The van der Waals surface area contributed by atoms with E-state index >= 15 is 0 Å². The van der Waals surface area contributed by atoms with Gasteiger partial charge in [0.2, 0.25) is 0 Å². The highest BCUT2D eigenvalue weighted by atomic mass is 16.6. The molecule has 0 spiro atoms. The van der Waals surface area contributed by atoms with E-state index in [-0.39, 0.29) is 0 Å². The van der Waals surface area contributed by atoms with Crippen LogP contribution >= 0.6 is 0 Å². The van der Waals surface area contributed by atoms with Crippen LogP contribution in [0.15, 0.2) is 0 Å². The van der Waals surface area contributed by atoms with Gasteiger partial charge in [-0.15, -0.1) is 0 Å². The van der Waals surface area contributed by atoms with E-state index in [2.05, 4.69) is 0 Å². The highest BCUT2D eigenvalue weighted by Crippen LogP contribution is 2.17. The summed E-state index contributed by atoms with van der Waals surface area (Å²) in [6.07, 6.45) is 43.2. The van der Waals surface area contributed by atoms with Gasteiger partial charge in [-0.2, -0.15) is 0 Å². The summed E-state index contributed by atoms with van der Waals surface area (Å²) in [5, 5.41) is 13.9. The number of carboxylic acid groups (broad SMARTS) is 2. The lowest BCUT2D eigenvalue weighted by Gasteiger charge is -2.05. The average molecular weight is 483 g/mol. The second-order valence-electron chi connectivity index (χ2n) is 10.9. The molecule has 0 aliphatic heterocycles. The Kier molecular flexibility index (Phi) is 29.7. The molecule has 3 aliphatic carbocycles. The van der Waals surface area contributed by atoms with E-state index in [0.717, 1.165) is 0 Å². The lowest BCUT2D eigenvalue weighted by Crippen LogP contribution is -1.85. The summed E-state index contributed by atoms with van der Waals surface area (Å²) in [5.41, 5.74) is 0. The highest BCUT2D eigenvalue weighted by Gasteiger charge is 1.97. The number of rotatable bonds is 0. The van der Waals surface area contributed by atoms with Gasteiger partial charge in [-0.25, -0.2) is 4.79 Å². The summed E-state index contributed by atoms with van der Waals surface area (Å²) in [5.74, 6) is 0. The summed E-state index contributed by atoms with van der Waals surface area (Å²) in [7, 11) is 0. The Bertz CT molecular complexity index is 232. The number of hydrogen-bond acceptors (Lipinski definition) is 1. The Morgan fingerprint density at radius 1 is 0.235 bits per heavy atom. The summed E-state index contributed by atoms with van der Waals surface area (Å²) in [6.45, 7) is 0. The third-order valence-corrected chi connectivity index (χ3v) is 7.50. The Morgan fingerprint density at radius 3 is 0.294 bits per heavy atom. The molecule has 0 saturated heterocycles. The van der Waals surface area contributed by atoms with Crippen LogP contribution in [-0.2, 0) is 0 Å². The van der Waals surface area contributed by atoms with Gasteiger partial charge >= 0.3 is 6.16 Å². The van der Waals surface area contributed by atoms with Crippen LogP contribution in [0.1, 0.15) is 193 Å². The molecule has 2 N–H and O–H groups in total. The van der Waals surface area contributed by atoms with Crippen LogP contribution < -0.4 is 0 Å². The Balaban J connectivity index is 0.000000445. The van der Waals surface area contributed by atoms with Gasteiger partial charge in [0.25, 0.3) is 0 Å². The topological polar surface area (TPSA) is 57.5 Å². The molecule has 3 heteroatoms. The Morgan fingerprint density at radius 2 is 0.265 bits per heavy atom. The van der Waals surface area contributed by atoms with Crippen molar-refractivity contribution < 1.29 is 15.0 Å². The van der Waals surface area contributed by atoms with Crippen molar-refractivity contribution in [1.29, 1.82) is 0 Å². The van der Waals surface area contributed by atoms with Crippen LogP contribution in [0.3, 0.4) is 0 Å². The van der Waals surface area contributed by atoms with E-state index in [0.29, 0.717) is 0 Å². The fourth-order valence-corrected chi connectivity index (χ4v) is 5.30. The third kappa shape index (κ3) is 33.4. The summed E-state index contributed by atoms with van der Waals surface area (Å²) >= 11 is 0. The van der Waals surface area contributed by atoms with E-state index in [1.54, 1.807) is 0 Å². The summed E-state index contributed by atoms with van der Waals surface area (Å²) in [4.78, 5) is 8.56. The van der Waals surface area contributed by atoms with E-state index in [1.807, 2.05) is 0 Å². The molecule has 0 heterocycles. The minimum Gasteiger partial charge on any atom is -0.450 e. The van der Waals surface area contributed by atoms with Crippen molar-refractivity contribution in [2.45, 2.75) is 193 Å². The average Bonchev–Trinajstić information content (AvgIpc) is 2.85. The van der Waals surface area contributed by atoms with Crippen LogP contribution in [0.25, 0.3) is 0 Å². The minimum atomic E-state index is -1.83. The first-order valence-electron chi connectivity index (χ1n) is 15.7. The summed E-state index contributed by atoms with van der Waals surface area (Å²) < 4.78 is 0. The predicted octanol–water partition coefficient (Wildman–Crippen LogP) is 11.9. The van der Waals surface area contributed by atoms with Gasteiger partial charge in [-0.3, -0.25) is 0 Å². The lowest BCUT2D eigenvalue weighted by atomic mass is 10.0. The normalized spacial score (nSPS) is 21.9. The molecule has 0 bridgehead atoms. The van der Waals surface area contributed by atoms with Gasteiger partial charge in [0.1, 0.15) is 0 Å². The molecule has 0 aromatic heterocycles. The van der Waals surface area contributed by atoms with Crippen molar-refractivity contribution in [2.24, 2.45) is 0 Å².